The maximum atomic E-state index is 14.3. The predicted molar refractivity (Wildman–Crippen MR) is 146 cm³/mol. The number of hydrogen-bond donors (Lipinski definition) is 1. The summed E-state index contributed by atoms with van der Waals surface area (Å²) in [5.74, 6) is -1.35. The van der Waals surface area contributed by atoms with Gasteiger partial charge in [-0.25, -0.2) is 19.3 Å². The Morgan fingerprint density at radius 2 is 1.90 bits per heavy atom. The van der Waals surface area contributed by atoms with Gasteiger partial charge in [-0.1, -0.05) is 6.92 Å². The molecule has 1 aliphatic carbocycles. The molecule has 2 aliphatic rings. The molecule has 2 fully saturated rings. The van der Waals surface area contributed by atoms with Crippen LogP contribution in [0.2, 0.25) is 0 Å². The van der Waals surface area contributed by atoms with Crippen LogP contribution < -0.4 is 5.32 Å². The van der Waals surface area contributed by atoms with E-state index in [2.05, 4.69) is 46.3 Å². The third kappa shape index (κ3) is 4.53. The Bertz CT molecular complexity index is 1710. The minimum absolute atomic E-state index is 0.114. The minimum Gasteiger partial charge on any atom is -0.325 e. The van der Waals surface area contributed by atoms with Gasteiger partial charge in [0, 0.05) is 36.3 Å². The Hall–Kier alpha value is -4.13. The number of nitrogens with zero attached hydrogens (tertiary/aromatic N) is 7. The number of amides is 2. The van der Waals surface area contributed by atoms with E-state index in [4.69, 9.17) is 0 Å². The highest BCUT2D eigenvalue weighted by Gasteiger charge is 2.64. The van der Waals surface area contributed by atoms with Crippen molar-refractivity contribution >= 4 is 50.2 Å². The largest absolute Gasteiger partial charge is 0.325 e. The highest BCUT2D eigenvalue weighted by atomic mass is 79.9. The number of likely N-dealkylation sites (tertiary alicyclic amines) is 1. The highest BCUT2D eigenvalue weighted by molar-refractivity contribution is 9.10. The van der Waals surface area contributed by atoms with Crippen LogP contribution in [0.5, 0.6) is 0 Å². The van der Waals surface area contributed by atoms with E-state index in [0.29, 0.717) is 39.0 Å². The van der Waals surface area contributed by atoms with Gasteiger partial charge in [-0.3, -0.25) is 24.0 Å². The average Bonchev–Trinajstić information content (AvgIpc) is 3.28. The van der Waals surface area contributed by atoms with Crippen LogP contribution in [0, 0.1) is 18.2 Å². The summed E-state index contributed by atoms with van der Waals surface area (Å²) >= 11 is 3.18. The number of aryl methyl sites for hydroxylation is 1. The molecule has 1 saturated heterocycles. The van der Waals surface area contributed by atoms with Crippen LogP contribution in [0.3, 0.4) is 0 Å². The number of pyridine rings is 2. The third-order valence-corrected chi connectivity index (χ3v) is 8.05. The molecule has 0 bridgehead atoms. The van der Waals surface area contributed by atoms with E-state index in [-0.39, 0.29) is 41.2 Å². The van der Waals surface area contributed by atoms with Crippen molar-refractivity contribution in [1.82, 2.24) is 34.6 Å². The number of rotatable bonds is 6. The number of ketones is 1. The smallest absolute Gasteiger partial charge is 0.248 e. The van der Waals surface area contributed by atoms with E-state index in [1.165, 1.54) is 23.7 Å². The fourth-order valence-corrected chi connectivity index (χ4v) is 5.72. The lowest BCUT2D eigenvalue weighted by Gasteiger charge is -2.27. The first-order valence-electron chi connectivity index (χ1n) is 12.6. The summed E-state index contributed by atoms with van der Waals surface area (Å²) in [7, 11) is 0. The lowest BCUT2D eigenvalue weighted by molar-refractivity contribution is -0.138. The van der Waals surface area contributed by atoms with E-state index >= 15 is 0 Å². The molecule has 6 rings (SSSR count). The third-order valence-electron chi connectivity index (χ3n) is 7.61. The number of anilines is 1. The Morgan fingerprint density at radius 3 is 2.62 bits per heavy atom. The quantitative estimate of drug-likeness (QED) is 0.259. The molecule has 4 aromatic rings. The molecule has 13 heteroatoms. The number of fused-ring (bicyclic) bond motifs is 2. The van der Waals surface area contributed by atoms with Gasteiger partial charge in [0.1, 0.15) is 28.7 Å². The van der Waals surface area contributed by atoms with Gasteiger partial charge in [-0.2, -0.15) is 5.10 Å². The molecule has 0 aromatic carbocycles. The van der Waals surface area contributed by atoms with Crippen LogP contribution in [-0.4, -0.2) is 64.3 Å². The lowest BCUT2D eigenvalue weighted by atomic mass is 10.0. The molecule has 5 heterocycles. The highest BCUT2D eigenvalue weighted by Crippen LogP contribution is 2.59. The molecule has 1 saturated carbocycles. The summed E-state index contributed by atoms with van der Waals surface area (Å²) in [5, 5.41) is 7.53. The predicted octanol–water partition coefficient (Wildman–Crippen LogP) is 3.71. The van der Waals surface area contributed by atoms with E-state index in [9.17, 15) is 18.8 Å². The summed E-state index contributed by atoms with van der Waals surface area (Å²) in [6.07, 6.45) is 6.09. The Kier molecular flexibility index (Phi) is 6.21. The number of halogens is 2. The van der Waals surface area contributed by atoms with Gasteiger partial charge < -0.3 is 10.2 Å². The number of hydrogen-bond acceptors (Lipinski definition) is 8. The van der Waals surface area contributed by atoms with Crippen molar-refractivity contribution in [3.8, 4) is 11.3 Å². The maximum Gasteiger partial charge on any atom is 0.248 e. The number of Topliss-reactive ketones (excluding diaryl/α,β-unsaturated/α-hetero) is 1. The second kappa shape index (κ2) is 9.51. The van der Waals surface area contributed by atoms with Gasteiger partial charge in [-0.15, -0.1) is 0 Å². The Balaban J connectivity index is 1.29. The summed E-state index contributed by atoms with van der Waals surface area (Å²) < 4.78 is 16.1. The molecule has 11 nitrogen and oxygen atoms in total. The van der Waals surface area contributed by atoms with E-state index in [0.717, 1.165) is 6.42 Å². The zero-order valence-corrected chi connectivity index (χ0v) is 23.4. The standard InChI is InChI=1S/C27H24BrFN8O3/c1-13(38)24-16-6-18(15-9-30-14(2)31-10-15)32-11-20(16)36(35-24)12-23(39)37-19(7-27(3)8-21(27)37)26(40)34-25-17(29)4-5-22(28)33-25/h4-6,9-11,19,21H,7-8,12H2,1-3H3,(H,33,34,40)/t19-,21+,27-/m0/s1. The molecule has 4 aromatic heterocycles. The summed E-state index contributed by atoms with van der Waals surface area (Å²) in [4.78, 5) is 57.9. The van der Waals surface area contributed by atoms with Crippen LogP contribution in [0.15, 0.2) is 41.4 Å². The van der Waals surface area contributed by atoms with Crippen molar-refractivity contribution in [2.45, 2.75) is 52.2 Å². The second-order valence-corrected chi connectivity index (χ2v) is 11.3. The zero-order chi connectivity index (χ0) is 28.3. The van der Waals surface area contributed by atoms with Gasteiger partial charge in [0.25, 0.3) is 0 Å². The molecule has 1 aliphatic heterocycles. The van der Waals surface area contributed by atoms with Crippen LogP contribution >= 0.6 is 15.9 Å². The van der Waals surface area contributed by atoms with Crippen molar-refractivity contribution in [3.05, 3.63) is 58.7 Å². The molecule has 3 atom stereocenters. The molecule has 1 N–H and O–H groups in total. The van der Waals surface area contributed by atoms with Gasteiger partial charge in [0.15, 0.2) is 17.4 Å². The SMILES string of the molecule is CC(=O)c1nn(CC(=O)N2[C@H](C(=O)Nc3nc(Br)ccc3F)C[C@@]3(C)C[C@@H]23)c2cnc(-c3cnc(C)nc3)cc12. The molecule has 0 spiro atoms. The van der Waals surface area contributed by atoms with E-state index < -0.39 is 17.8 Å². The van der Waals surface area contributed by atoms with Crippen LogP contribution in [0.4, 0.5) is 10.2 Å². The first-order chi connectivity index (χ1) is 19.0. The fourth-order valence-electron chi connectivity index (χ4n) is 5.41. The number of carbonyl (C=O) groups excluding carboxylic acids is 3. The van der Waals surface area contributed by atoms with Crippen LogP contribution in [-0.2, 0) is 16.1 Å². The summed E-state index contributed by atoms with van der Waals surface area (Å²) in [6.45, 7) is 5.03. The zero-order valence-electron chi connectivity index (χ0n) is 21.9. The van der Waals surface area contributed by atoms with E-state index in [1.807, 2.05) is 6.92 Å². The van der Waals surface area contributed by atoms with Gasteiger partial charge in [-0.05, 0) is 59.3 Å². The fraction of sp³-hybridized carbons (Fsp3) is 0.333. The summed E-state index contributed by atoms with van der Waals surface area (Å²) in [5.41, 5.74) is 1.78. The minimum atomic E-state index is -0.795. The van der Waals surface area contributed by atoms with E-state index in [1.54, 1.807) is 36.5 Å². The van der Waals surface area contributed by atoms with Gasteiger partial charge in [0.2, 0.25) is 11.8 Å². The van der Waals surface area contributed by atoms with Crippen molar-refractivity contribution in [2.75, 3.05) is 5.32 Å². The van der Waals surface area contributed by atoms with Gasteiger partial charge in [0.05, 0.1) is 17.4 Å². The first-order valence-corrected chi connectivity index (χ1v) is 13.4. The number of carbonyl (C=O) groups is 3. The molecule has 40 heavy (non-hydrogen) atoms. The maximum absolute atomic E-state index is 14.3. The summed E-state index contributed by atoms with van der Waals surface area (Å²) in [6, 6.07) is 3.46. The number of piperidine rings is 1. The average molecular weight is 607 g/mol. The Labute approximate surface area is 236 Å². The topological polar surface area (TPSA) is 136 Å². The molecular formula is C27H24BrFN8O3. The first kappa shape index (κ1) is 26.1. The van der Waals surface area contributed by atoms with Crippen molar-refractivity contribution in [2.24, 2.45) is 5.41 Å². The van der Waals surface area contributed by atoms with Crippen LogP contribution in [0.1, 0.15) is 43.0 Å². The lowest BCUT2D eigenvalue weighted by Crippen LogP contribution is -2.47. The van der Waals surface area contributed by atoms with Crippen molar-refractivity contribution in [3.63, 3.8) is 0 Å². The molecular weight excluding hydrogens is 583 g/mol. The van der Waals surface area contributed by atoms with Crippen molar-refractivity contribution in [1.29, 1.82) is 0 Å². The number of nitrogens with one attached hydrogen (secondary N) is 1. The normalized spacial score (nSPS) is 21.4. The Morgan fingerprint density at radius 1 is 1.15 bits per heavy atom. The van der Waals surface area contributed by atoms with Crippen molar-refractivity contribution < 1.29 is 18.8 Å². The van der Waals surface area contributed by atoms with Crippen LogP contribution in [0.25, 0.3) is 22.2 Å². The molecule has 204 valence electrons. The second-order valence-electron chi connectivity index (χ2n) is 10.5. The molecule has 0 radical (unpaired) electrons. The number of aromatic nitrogens is 6. The molecule has 2 amide bonds. The monoisotopic (exact) mass is 606 g/mol. The van der Waals surface area contributed by atoms with Gasteiger partial charge >= 0.3 is 0 Å². The molecule has 0 unspecified atom stereocenters.